The number of hydrogen-bond acceptors (Lipinski definition) is 1. The highest BCUT2D eigenvalue weighted by atomic mass is 35.5. The number of nitrogens with one attached hydrogen (secondary N) is 1. The van der Waals surface area contributed by atoms with Crippen molar-refractivity contribution in [3.8, 4) is 0 Å². The average molecular weight is 226 g/mol. The maximum Gasteiger partial charge on any atom is 0.0406 e. The van der Waals surface area contributed by atoms with E-state index in [2.05, 4.69) is 24.4 Å². The van der Waals surface area contributed by atoms with Gasteiger partial charge in [-0.3, -0.25) is 0 Å². The van der Waals surface area contributed by atoms with E-state index in [-0.39, 0.29) is 0 Å². The molecule has 0 bridgehead atoms. The molecule has 2 heteroatoms. The second kappa shape index (κ2) is 6.86. The van der Waals surface area contributed by atoms with Crippen molar-refractivity contribution in [3.63, 3.8) is 0 Å². The molecule has 0 spiro atoms. The molecule has 1 aromatic carbocycles. The van der Waals surface area contributed by atoms with Crippen molar-refractivity contribution in [3.05, 3.63) is 34.9 Å². The van der Waals surface area contributed by atoms with Gasteiger partial charge in [0, 0.05) is 11.1 Å². The lowest BCUT2D eigenvalue weighted by atomic mass is 10.0. The Bertz CT molecular complexity index is 268. The minimum atomic E-state index is 0.589. The summed E-state index contributed by atoms with van der Waals surface area (Å²) in [7, 11) is 2.04. The van der Waals surface area contributed by atoms with Crippen LogP contribution in [0.5, 0.6) is 0 Å². The fraction of sp³-hybridized carbons (Fsp3) is 0.538. The predicted molar refractivity (Wildman–Crippen MR) is 67.5 cm³/mol. The van der Waals surface area contributed by atoms with E-state index in [0.29, 0.717) is 6.04 Å². The largest absolute Gasteiger partial charge is 0.317 e. The first kappa shape index (κ1) is 12.5. The molecule has 0 heterocycles. The van der Waals surface area contributed by atoms with Crippen molar-refractivity contribution in [1.82, 2.24) is 5.32 Å². The van der Waals surface area contributed by atoms with Crippen LogP contribution in [0.1, 0.15) is 31.7 Å². The Morgan fingerprint density at radius 2 is 1.93 bits per heavy atom. The zero-order chi connectivity index (χ0) is 11.1. The average Bonchev–Trinajstić information content (AvgIpc) is 2.27. The van der Waals surface area contributed by atoms with Crippen LogP contribution < -0.4 is 5.32 Å². The van der Waals surface area contributed by atoms with Gasteiger partial charge in [0.2, 0.25) is 0 Å². The van der Waals surface area contributed by atoms with Crippen LogP contribution in [0.3, 0.4) is 0 Å². The quantitative estimate of drug-likeness (QED) is 0.779. The van der Waals surface area contributed by atoms with Crippen LogP contribution in [0.25, 0.3) is 0 Å². The van der Waals surface area contributed by atoms with Crippen molar-refractivity contribution >= 4 is 11.6 Å². The first-order valence-corrected chi connectivity index (χ1v) is 6.05. The van der Waals surface area contributed by atoms with Gasteiger partial charge in [0.1, 0.15) is 0 Å². The molecule has 84 valence electrons. The van der Waals surface area contributed by atoms with Crippen molar-refractivity contribution in [1.29, 1.82) is 0 Å². The van der Waals surface area contributed by atoms with E-state index in [9.17, 15) is 0 Å². The molecule has 0 aliphatic carbocycles. The summed E-state index contributed by atoms with van der Waals surface area (Å²) < 4.78 is 0. The molecular weight excluding hydrogens is 206 g/mol. The van der Waals surface area contributed by atoms with Gasteiger partial charge in [-0.2, -0.15) is 0 Å². The van der Waals surface area contributed by atoms with Crippen LogP contribution in [-0.4, -0.2) is 13.1 Å². The maximum atomic E-state index is 5.85. The summed E-state index contributed by atoms with van der Waals surface area (Å²) in [5.74, 6) is 0. The normalized spacial score (nSPS) is 12.7. The highest BCUT2D eigenvalue weighted by molar-refractivity contribution is 6.30. The van der Waals surface area contributed by atoms with Crippen LogP contribution in [0.2, 0.25) is 5.02 Å². The lowest BCUT2D eigenvalue weighted by Crippen LogP contribution is -2.27. The molecular formula is C13H20ClN. The van der Waals surface area contributed by atoms with Gasteiger partial charge in [0.15, 0.2) is 0 Å². The van der Waals surface area contributed by atoms with Gasteiger partial charge in [-0.25, -0.2) is 0 Å². The van der Waals surface area contributed by atoms with Gasteiger partial charge < -0.3 is 5.32 Å². The van der Waals surface area contributed by atoms with Gasteiger partial charge in [-0.15, -0.1) is 0 Å². The lowest BCUT2D eigenvalue weighted by molar-refractivity contribution is 0.498. The van der Waals surface area contributed by atoms with Gasteiger partial charge in [-0.1, -0.05) is 43.5 Å². The summed E-state index contributed by atoms with van der Waals surface area (Å²) in [6.07, 6.45) is 4.89. The molecule has 1 unspecified atom stereocenters. The van der Waals surface area contributed by atoms with Crippen LogP contribution in [-0.2, 0) is 6.42 Å². The van der Waals surface area contributed by atoms with E-state index in [1.165, 1.54) is 24.8 Å². The molecule has 1 nitrogen and oxygen atoms in total. The fourth-order valence-corrected chi connectivity index (χ4v) is 1.83. The Hall–Kier alpha value is -0.530. The van der Waals surface area contributed by atoms with Crippen molar-refractivity contribution in [2.75, 3.05) is 7.05 Å². The highest BCUT2D eigenvalue weighted by Crippen LogP contribution is 2.13. The summed E-state index contributed by atoms with van der Waals surface area (Å²) in [5.41, 5.74) is 1.36. The molecule has 0 saturated heterocycles. The zero-order valence-electron chi connectivity index (χ0n) is 9.59. The summed E-state index contributed by atoms with van der Waals surface area (Å²) in [6, 6.07) is 8.73. The minimum absolute atomic E-state index is 0.589. The van der Waals surface area contributed by atoms with Gasteiger partial charge in [0.05, 0.1) is 0 Å². The summed E-state index contributed by atoms with van der Waals surface area (Å²) in [6.45, 7) is 2.23. The zero-order valence-corrected chi connectivity index (χ0v) is 10.3. The molecule has 0 radical (unpaired) electrons. The maximum absolute atomic E-state index is 5.85. The summed E-state index contributed by atoms with van der Waals surface area (Å²) in [5, 5.41) is 4.18. The van der Waals surface area contributed by atoms with E-state index in [4.69, 9.17) is 11.6 Å². The second-order valence-corrected chi connectivity index (χ2v) is 4.39. The van der Waals surface area contributed by atoms with Gasteiger partial charge in [-0.05, 0) is 37.6 Å². The third kappa shape index (κ3) is 4.67. The van der Waals surface area contributed by atoms with Gasteiger partial charge in [0.25, 0.3) is 0 Å². The Morgan fingerprint density at radius 3 is 2.47 bits per heavy atom. The van der Waals surface area contributed by atoms with Gasteiger partial charge >= 0.3 is 0 Å². The van der Waals surface area contributed by atoms with E-state index in [0.717, 1.165) is 11.4 Å². The van der Waals surface area contributed by atoms with Crippen LogP contribution in [0, 0.1) is 0 Å². The SMILES string of the molecule is CCCCC(Cc1ccc(Cl)cc1)NC. The monoisotopic (exact) mass is 225 g/mol. The molecule has 0 saturated carbocycles. The smallest absolute Gasteiger partial charge is 0.0406 e. The molecule has 0 fully saturated rings. The third-order valence-electron chi connectivity index (χ3n) is 2.71. The van der Waals surface area contributed by atoms with Crippen molar-refractivity contribution in [2.24, 2.45) is 0 Å². The molecule has 1 atom stereocenters. The number of halogens is 1. The van der Waals surface area contributed by atoms with E-state index >= 15 is 0 Å². The standard InChI is InChI=1S/C13H20ClN/c1-3-4-5-13(15-2)10-11-6-8-12(14)9-7-11/h6-9,13,15H,3-5,10H2,1-2H3. The van der Waals surface area contributed by atoms with Crippen molar-refractivity contribution < 1.29 is 0 Å². The number of likely N-dealkylation sites (N-methyl/N-ethyl adjacent to an activating group) is 1. The van der Waals surface area contributed by atoms with E-state index in [1.807, 2.05) is 19.2 Å². The fourth-order valence-electron chi connectivity index (χ4n) is 1.70. The van der Waals surface area contributed by atoms with E-state index < -0.39 is 0 Å². The second-order valence-electron chi connectivity index (χ2n) is 3.96. The Kier molecular flexibility index (Phi) is 5.74. The molecule has 1 N–H and O–H groups in total. The highest BCUT2D eigenvalue weighted by Gasteiger charge is 2.06. The molecule has 0 amide bonds. The van der Waals surface area contributed by atoms with Crippen LogP contribution in [0.4, 0.5) is 0 Å². The summed E-state index contributed by atoms with van der Waals surface area (Å²) in [4.78, 5) is 0. The Balaban J connectivity index is 2.47. The Labute approximate surface area is 97.8 Å². The van der Waals surface area contributed by atoms with Crippen LogP contribution in [0.15, 0.2) is 24.3 Å². The van der Waals surface area contributed by atoms with Crippen LogP contribution >= 0.6 is 11.6 Å². The first-order valence-electron chi connectivity index (χ1n) is 5.68. The minimum Gasteiger partial charge on any atom is -0.317 e. The first-order chi connectivity index (χ1) is 7.26. The molecule has 0 aliphatic rings. The number of rotatable bonds is 6. The topological polar surface area (TPSA) is 12.0 Å². The number of hydrogen-bond donors (Lipinski definition) is 1. The lowest BCUT2D eigenvalue weighted by Gasteiger charge is -2.15. The Morgan fingerprint density at radius 1 is 1.27 bits per heavy atom. The predicted octanol–water partition coefficient (Wildman–Crippen LogP) is 3.66. The molecule has 1 aromatic rings. The van der Waals surface area contributed by atoms with Crippen molar-refractivity contribution in [2.45, 2.75) is 38.6 Å². The third-order valence-corrected chi connectivity index (χ3v) is 2.96. The number of unbranched alkanes of at least 4 members (excludes halogenated alkanes) is 1. The summed E-state index contributed by atoms with van der Waals surface area (Å²) >= 11 is 5.85. The molecule has 0 aliphatic heterocycles. The number of benzene rings is 1. The van der Waals surface area contributed by atoms with E-state index in [1.54, 1.807) is 0 Å². The molecule has 0 aromatic heterocycles. The molecule has 15 heavy (non-hydrogen) atoms. The molecule has 1 rings (SSSR count).